The van der Waals surface area contributed by atoms with E-state index in [9.17, 15) is 76.6 Å². The lowest BCUT2D eigenvalue weighted by atomic mass is 9.71. The fraction of sp³-hybridized carbons (Fsp3) is 0.333. The molecule has 3 heterocycles. The van der Waals surface area contributed by atoms with E-state index in [-0.39, 0.29) is 57.3 Å². The highest BCUT2D eigenvalue weighted by Gasteiger charge is 2.52. The molecule has 20 heteroatoms. The smallest absolute Gasteiger partial charge is 0.229 e. The molecule has 2 fully saturated rings. The Kier molecular flexibility index (Phi) is 13.7. The van der Waals surface area contributed by atoms with Crippen molar-refractivity contribution in [2.45, 2.75) is 97.3 Å². The van der Waals surface area contributed by atoms with E-state index in [2.05, 4.69) is 0 Å². The molecule has 0 aromatic heterocycles. The van der Waals surface area contributed by atoms with Crippen molar-refractivity contribution >= 4 is 0 Å². The van der Waals surface area contributed by atoms with Crippen molar-refractivity contribution in [3.05, 3.63) is 160 Å². The van der Waals surface area contributed by atoms with Gasteiger partial charge in [-0.3, -0.25) is 0 Å². The fourth-order valence-corrected chi connectivity index (χ4v) is 11.0. The SMILES string of the molecule is OC[C@H]1O[C@@H](Oc2ccc(C(O)C3c4cc(O)cc(O)c4C(c4ccc(O)cc4)C3c3cc(O)cc4c3C(c3cc(O)cc(O)c3)C(c3ccc(O[C@@H]5O[C@H](CO)[C@@H](O)[C@H](O)[C@H]5O)cc3)O4)cc2)[C@H](O)[C@@H](O)[C@@H]1O. The van der Waals surface area contributed by atoms with E-state index in [4.69, 9.17) is 23.7 Å². The Labute approximate surface area is 421 Å². The first-order chi connectivity index (χ1) is 35.4. The van der Waals surface area contributed by atoms with Gasteiger partial charge in [0, 0.05) is 47.1 Å². The number of hydrogen-bond acceptors (Lipinski definition) is 20. The third-order valence-corrected chi connectivity index (χ3v) is 14.5. The number of ether oxygens (including phenoxy) is 5. The lowest BCUT2D eigenvalue weighted by Gasteiger charge is -2.39. The van der Waals surface area contributed by atoms with Gasteiger partial charge in [0.05, 0.1) is 25.2 Å². The van der Waals surface area contributed by atoms with Crippen LogP contribution < -0.4 is 14.2 Å². The first kappa shape index (κ1) is 50.6. The molecular weight excluding hydrogens is 969 g/mol. The van der Waals surface area contributed by atoms with Crippen LogP contribution in [0.4, 0.5) is 0 Å². The Bertz CT molecular complexity index is 2950. The maximum Gasteiger partial charge on any atom is 0.229 e. The van der Waals surface area contributed by atoms with E-state index in [0.717, 1.165) is 6.07 Å². The number of aromatic hydroxyl groups is 6. The topological polar surface area (TPSA) is 350 Å². The van der Waals surface area contributed by atoms with Gasteiger partial charge in [0.2, 0.25) is 12.6 Å². The minimum Gasteiger partial charge on any atom is -0.508 e. The molecule has 10 rings (SSSR count). The van der Waals surface area contributed by atoms with Crippen LogP contribution in [0.25, 0.3) is 0 Å². The number of rotatable bonds is 12. The molecule has 6 aromatic rings. The van der Waals surface area contributed by atoms with Crippen molar-refractivity contribution in [3.8, 4) is 51.7 Å². The molecule has 20 nitrogen and oxygen atoms in total. The molecule has 0 spiro atoms. The van der Waals surface area contributed by atoms with Gasteiger partial charge in [0.1, 0.15) is 107 Å². The molecule has 0 saturated carbocycles. The van der Waals surface area contributed by atoms with Gasteiger partial charge >= 0.3 is 0 Å². The van der Waals surface area contributed by atoms with Gasteiger partial charge in [0.15, 0.2) is 0 Å². The van der Waals surface area contributed by atoms with Crippen LogP contribution in [-0.4, -0.2) is 151 Å². The molecule has 6 unspecified atom stereocenters. The number of phenols is 6. The number of hydrogen-bond donors (Lipinski definition) is 15. The molecule has 0 bridgehead atoms. The van der Waals surface area contributed by atoms with E-state index in [1.54, 1.807) is 24.3 Å². The molecule has 390 valence electrons. The number of fused-ring (bicyclic) bond motifs is 2. The molecule has 1 aliphatic carbocycles. The van der Waals surface area contributed by atoms with Crippen LogP contribution in [0.2, 0.25) is 0 Å². The second-order valence-corrected chi connectivity index (χ2v) is 19.0. The molecule has 4 aliphatic rings. The Morgan fingerprint density at radius 2 is 0.959 bits per heavy atom. The van der Waals surface area contributed by atoms with Gasteiger partial charge in [0.25, 0.3) is 0 Å². The predicted octanol–water partition coefficient (Wildman–Crippen LogP) is 2.29. The van der Waals surface area contributed by atoms with Crippen LogP contribution in [0.1, 0.15) is 80.4 Å². The number of aliphatic hydroxyl groups is 9. The standard InChI is InChI=1S/C54H54O20/c55-20-37-46(64)48(66)50(68)53(73-37)70-31-9-3-23(4-10-31)45(63)44-33-16-29(60)18-35(62)41(33)39(22-1-7-26(57)8-2-22)43(44)34-17-30(61)19-36-42(34)40(25-13-27(58)15-28(59)14-25)52(72-36)24-5-11-32(12-6-24)71-54-51(69)49(67)47(65)38(21-56)74-54/h1-19,37-40,43-69H,20-21H2/t37-,38-,39?,40?,43?,44?,45?,46-,47-,48+,49+,50-,51-,52?,53-,54-/m1/s1. The third-order valence-electron chi connectivity index (χ3n) is 14.5. The van der Waals surface area contributed by atoms with Crippen LogP contribution in [0.5, 0.6) is 51.7 Å². The minimum atomic E-state index is -1.70. The molecule has 15 N–H and O–H groups in total. The zero-order chi connectivity index (χ0) is 52.4. The van der Waals surface area contributed by atoms with E-state index in [0.29, 0.717) is 38.9 Å². The molecule has 6 aromatic carbocycles. The third kappa shape index (κ3) is 9.13. The monoisotopic (exact) mass is 1020 g/mol. The Morgan fingerprint density at radius 1 is 0.459 bits per heavy atom. The van der Waals surface area contributed by atoms with Crippen LogP contribution >= 0.6 is 0 Å². The van der Waals surface area contributed by atoms with Crippen LogP contribution in [0.3, 0.4) is 0 Å². The molecule has 74 heavy (non-hydrogen) atoms. The zero-order valence-electron chi connectivity index (χ0n) is 38.9. The molecule has 2 saturated heterocycles. The summed E-state index contributed by atoms with van der Waals surface area (Å²) in [5.41, 5.74) is 3.10. The van der Waals surface area contributed by atoms with E-state index in [1.807, 2.05) is 0 Å². The summed E-state index contributed by atoms with van der Waals surface area (Å²) in [6.45, 7) is -1.35. The van der Waals surface area contributed by atoms with Crippen LogP contribution in [0, 0.1) is 0 Å². The minimum absolute atomic E-state index is 0.0658. The lowest BCUT2D eigenvalue weighted by Crippen LogP contribution is -2.60. The summed E-state index contributed by atoms with van der Waals surface area (Å²) in [5.74, 6) is -5.03. The highest BCUT2D eigenvalue weighted by molar-refractivity contribution is 5.65. The fourth-order valence-electron chi connectivity index (χ4n) is 11.0. The highest BCUT2D eigenvalue weighted by Crippen LogP contribution is 2.65. The van der Waals surface area contributed by atoms with Crippen LogP contribution in [-0.2, 0) is 9.47 Å². The van der Waals surface area contributed by atoms with Crippen LogP contribution in [0.15, 0.2) is 115 Å². The molecule has 3 aliphatic heterocycles. The normalized spacial score (nSPS) is 30.7. The van der Waals surface area contributed by atoms with Gasteiger partial charge in [-0.15, -0.1) is 0 Å². The van der Waals surface area contributed by atoms with Crippen molar-refractivity contribution in [1.82, 2.24) is 0 Å². The second-order valence-electron chi connectivity index (χ2n) is 19.0. The quantitative estimate of drug-likeness (QED) is 0.0836. The maximum absolute atomic E-state index is 12.9. The van der Waals surface area contributed by atoms with Crippen molar-refractivity contribution in [3.63, 3.8) is 0 Å². The average Bonchev–Trinajstić information content (AvgIpc) is 3.95. The maximum atomic E-state index is 12.9. The van der Waals surface area contributed by atoms with Gasteiger partial charge in [-0.2, -0.15) is 0 Å². The Balaban J connectivity index is 1.08. The first-order valence-electron chi connectivity index (χ1n) is 23.7. The van der Waals surface area contributed by atoms with Crippen molar-refractivity contribution in [2.75, 3.05) is 13.2 Å². The number of aliphatic hydroxyl groups excluding tert-OH is 9. The van der Waals surface area contributed by atoms with Gasteiger partial charge < -0.3 is 100 Å². The zero-order valence-corrected chi connectivity index (χ0v) is 38.9. The summed E-state index contributed by atoms with van der Waals surface area (Å²) < 4.78 is 29.5. The molecule has 0 amide bonds. The van der Waals surface area contributed by atoms with Gasteiger partial charge in [-0.1, -0.05) is 36.4 Å². The van der Waals surface area contributed by atoms with Gasteiger partial charge in [-0.05, 0) is 94.0 Å². The lowest BCUT2D eigenvalue weighted by molar-refractivity contribution is -0.277. The first-order valence-corrected chi connectivity index (χ1v) is 23.7. The summed E-state index contributed by atoms with van der Waals surface area (Å²) in [6, 6.07) is 28.0. The largest absolute Gasteiger partial charge is 0.508 e. The summed E-state index contributed by atoms with van der Waals surface area (Å²) in [5, 5.41) is 162. The summed E-state index contributed by atoms with van der Waals surface area (Å²) in [4.78, 5) is 0. The number of phenolic OH excluding ortho intramolecular Hbond substituents is 6. The van der Waals surface area contributed by atoms with Crippen molar-refractivity contribution < 1.29 is 100 Å². The molecular formula is C54H54O20. The van der Waals surface area contributed by atoms with E-state index in [1.165, 1.54) is 84.9 Å². The van der Waals surface area contributed by atoms with Gasteiger partial charge in [-0.25, -0.2) is 0 Å². The Morgan fingerprint density at radius 3 is 1.51 bits per heavy atom. The second kappa shape index (κ2) is 20.1. The van der Waals surface area contributed by atoms with Crippen molar-refractivity contribution in [2.24, 2.45) is 0 Å². The van der Waals surface area contributed by atoms with Crippen molar-refractivity contribution in [1.29, 1.82) is 0 Å². The molecule has 0 radical (unpaired) electrons. The highest BCUT2D eigenvalue weighted by atomic mass is 16.7. The average molecular weight is 1020 g/mol. The van der Waals surface area contributed by atoms with E-state index < -0.39 is 111 Å². The number of benzene rings is 6. The molecule has 16 atom stereocenters. The predicted molar refractivity (Wildman–Crippen MR) is 255 cm³/mol. The summed E-state index contributed by atoms with van der Waals surface area (Å²) >= 11 is 0. The summed E-state index contributed by atoms with van der Waals surface area (Å²) in [7, 11) is 0. The Hall–Kier alpha value is -6.92. The summed E-state index contributed by atoms with van der Waals surface area (Å²) in [6.07, 6.45) is -17.9. The van der Waals surface area contributed by atoms with E-state index >= 15 is 0 Å².